The van der Waals surface area contributed by atoms with Gasteiger partial charge >= 0.3 is 5.97 Å². The van der Waals surface area contributed by atoms with Gasteiger partial charge in [0.25, 0.3) is 0 Å². The minimum atomic E-state index is -1.56. The summed E-state index contributed by atoms with van der Waals surface area (Å²) < 4.78 is 18.0. The summed E-state index contributed by atoms with van der Waals surface area (Å²) in [5, 5.41) is 56.1. The fourth-order valence-electron chi connectivity index (χ4n) is 11.7. The van der Waals surface area contributed by atoms with Crippen LogP contribution >= 0.6 is 0 Å². The predicted octanol–water partition coefficient (Wildman–Crippen LogP) is 4.67. The topological polar surface area (TPSA) is 146 Å². The van der Waals surface area contributed by atoms with E-state index in [4.69, 9.17) is 14.2 Å². The maximum Gasteiger partial charge on any atom is 0.302 e. The van der Waals surface area contributed by atoms with E-state index in [0.717, 1.165) is 32.1 Å². The average Bonchev–Trinajstić information content (AvgIpc) is 3.35. The molecule has 5 rings (SSSR count). The molecule has 15 atom stereocenters. The minimum Gasteiger partial charge on any atom is -0.463 e. The van der Waals surface area contributed by atoms with Gasteiger partial charge in [0.05, 0.1) is 18.3 Å². The van der Waals surface area contributed by atoms with Crippen LogP contribution in [0, 0.1) is 45.3 Å². The number of hydrogen-bond acceptors (Lipinski definition) is 9. The third-order valence-electron chi connectivity index (χ3n) is 14.2. The summed E-state index contributed by atoms with van der Waals surface area (Å²) in [6.45, 7) is 21.0. The lowest BCUT2D eigenvalue weighted by Gasteiger charge is -2.72. The Labute approximate surface area is 281 Å². The third kappa shape index (κ3) is 6.08. The standard InChI is InChI=1S/C38H62O9/c1-20(2)11-10-12-21(3)23-13-16-37(8)29(23)24(40)17-27-36(7)15-14-28(41)35(5,6)33(36)25(18-38(27,37)9)46-34-32(44)31(43)30(42)26(47-34)19-45-22(4)39/h11,23-34,40-44H,3,10,12-19H2,1-2,4-9H3. The van der Waals surface area contributed by atoms with Crippen molar-refractivity contribution in [2.45, 2.75) is 156 Å². The van der Waals surface area contributed by atoms with Crippen LogP contribution in [0.2, 0.25) is 0 Å². The van der Waals surface area contributed by atoms with Crippen molar-refractivity contribution in [2.24, 2.45) is 45.3 Å². The Kier molecular flexibility index (Phi) is 10.3. The summed E-state index contributed by atoms with van der Waals surface area (Å²) in [6.07, 6.45) is 0.415. The molecule has 0 aromatic carbocycles. The van der Waals surface area contributed by atoms with Crippen LogP contribution in [0.15, 0.2) is 23.8 Å². The van der Waals surface area contributed by atoms with Crippen LogP contribution < -0.4 is 0 Å². The van der Waals surface area contributed by atoms with E-state index in [1.54, 1.807) is 0 Å². The van der Waals surface area contributed by atoms with Crippen LogP contribution in [-0.2, 0) is 19.0 Å². The Morgan fingerprint density at radius 2 is 1.62 bits per heavy atom. The van der Waals surface area contributed by atoms with Crippen LogP contribution in [-0.4, -0.2) is 87.1 Å². The fourth-order valence-corrected chi connectivity index (χ4v) is 11.7. The number of carbonyl (C=O) groups excluding carboxylic acids is 1. The molecule has 0 aromatic heterocycles. The molecule has 0 bridgehead atoms. The molecule has 1 heterocycles. The van der Waals surface area contributed by atoms with Crippen molar-refractivity contribution in [1.29, 1.82) is 0 Å². The maximum absolute atomic E-state index is 12.1. The Balaban J connectivity index is 1.51. The van der Waals surface area contributed by atoms with E-state index >= 15 is 0 Å². The molecule has 5 fully saturated rings. The van der Waals surface area contributed by atoms with Gasteiger partial charge in [-0.05, 0) is 111 Å². The molecule has 15 unspecified atom stereocenters. The van der Waals surface area contributed by atoms with Crippen molar-refractivity contribution in [3.05, 3.63) is 23.8 Å². The molecule has 268 valence electrons. The van der Waals surface area contributed by atoms with Gasteiger partial charge in [-0.25, -0.2) is 0 Å². The Morgan fingerprint density at radius 3 is 2.26 bits per heavy atom. The number of aliphatic hydroxyl groups excluding tert-OH is 5. The van der Waals surface area contributed by atoms with Crippen LogP contribution in [0.25, 0.3) is 0 Å². The summed E-state index contributed by atoms with van der Waals surface area (Å²) in [4.78, 5) is 11.5. The molecule has 4 aliphatic carbocycles. The van der Waals surface area contributed by atoms with E-state index in [2.05, 4.69) is 61.1 Å². The van der Waals surface area contributed by atoms with Gasteiger partial charge in [-0.15, -0.1) is 0 Å². The summed E-state index contributed by atoms with van der Waals surface area (Å²) >= 11 is 0. The normalized spacial score (nSPS) is 48.9. The Morgan fingerprint density at radius 1 is 0.936 bits per heavy atom. The molecule has 0 amide bonds. The molecular weight excluding hydrogens is 600 g/mol. The molecular formula is C38H62O9. The van der Waals surface area contributed by atoms with Gasteiger partial charge in [0, 0.05) is 6.92 Å². The van der Waals surface area contributed by atoms with Crippen molar-refractivity contribution in [3.63, 3.8) is 0 Å². The first-order valence-corrected chi connectivity index (χ1v) is 17.9. The zero-order valence-electron chi connectivity index (χ0n) is 29.9. The van der Waals surface area contributed by atoms with Gasteiger partial charge in [0.1, 0.15) is 31.0 Å². The van der Waals surface area contributed by atoms with Gasteiger partial charge in [0.15, 0.2) is 6.29 Å². The van der Waals surface area contributed by atoms with Gasteiger partial charge in [0.2, 0.25) is 0 Å². The van der Waals surface area contributed by atoms with Crippen LogP contribution in [0.3, 0.4) is 0 Å². The summed E-state index contributed by atoms with van der Waals surface area (Å²) in [7, 11) is 0. The first-order chi connectivity index (χ1) is 21.8. The van der Waals surface area contributed by atoms with E-state index in [0.29, 0.717) is 19.3 Å². The monoisotopic (exact) mass is 662 g/mol. The molecule has 9 nitrogen and oxygen atoms in total. The van der Waals surface area contributed by atoms with E-state index in [9.17, 15) is 30.3 Å². The van der Waals surface area contributed by atoms with Crippen LogP contribution in [0.4, 0.5) is 0 Å². The lowest BCUT2D eigenvalue weighted by molar-refractivity contribution is -0.346. The first-order valence-electron chi connectivity index (χ1n) is 17.9. The van der Waals surface area contributed by atoms with Crippen molar-refractivity contribution >= 4 is 5.97 Å². The number of allylic oxidation sites excluding steroid dienone is 3. The molecule has 0 aromatic rings. The zero-order chi connectivity index (χ0) is 34.9. The second-order valence-electron chi connectivity index (χ2n) is 17.4. The summed E-state index contributed by atoms with van der Waals surface area (Å²) in [6, 6.07) is 0. The SMILES string of the molecule is C=C(CCC=C(C)C)C1CCC2(C)C1C(O)CC1C3(C)CCC(O)C(C)(C)C3C(OC3OC(COC(C)=O)C(O)C(O)C3O)CC12C. The highest BCUT2D eigenvalue weighted by Gasteiger charge is 2.72. The molecule has 0 spiro atoms. The molecule has 5 aliphatic rings. The van der Waals surface area contributed by atoms with Gasteiger partial charge in [-0.1, -0.05) is 58.4 Å². The summed E-state index contributed by atoms with van der Waals surface area (Å²) in [5.74, 6) is -0.229. The second-order valence-corrected chi connectivity index (χ2v) is 17.4. The molecule has 4 saturated carbocycles. The van der Waals surface area contributed by atoms with Gasteiger partial charge in [-0.2, -0.15) is 0 Å². The minimum absolute atomic E-state index is 0.0625. The number of ether oxygens (including phenoxy) is 3. The van der Waals surface area contributed by atoms with E-state index in [1.807, 2.05) is 0 Å². The maximum atomic E-state index is 12.1. The number of carbonyl (C=O) groups is 1. The summed E-state index contributed by atoms with van der Waals surface area (Å²) in [5.41, 5.74) is 1.20. The quantitative estimate of drug-likeness (QED) is 0.142. The van der Waals surface area contributed by atoms with Crippen LogP contribution in [0.1, 0.15) is 107 Å². The zero-order valence-corrected chi connectivity index (χ0v) is 29.9. The lowest BCUT2D eigenvalue weighted by atomic mass is 9.34. The molecule has 1 saturated heterocycles. The van der Waals surface area contributed by atoms with Crippen molar-refractivity contribution < 1.29 is 44.5 Å². The number of esters is 1. The van der Waals surface area contributed by atoms with Crippen molar-refractivity contribution in [1.82, 2.24) is 0 Å². The smallest absolute Gasteiger partial charge is 0.302 e. The predicted molar refractivity (Wildman–Crippen MR) is 178 cm³/mol. The number of rotatable bonds is 8. The average molecular weight is 663 g/mol. The van der Waals surface area contributed by atoms with Gasteiger partial charge in [-0.3, -0.25) is 4.79 Å². The van der Waals surface area contributed by atoms with E-state index in [1.165, 1.54) is 18.1 Å². The fraction of sp³-hybridized carbons (Fsp3) is 0.868. The second kappa shape index (κ2) is 13.1. The Hall–Kier alpha value is -1.33. The van der Waals surface area contributed by atoms with E-state index < -0.39 is 60.4 Å². The highest BCUT2D eigenvalue weighted by molar-refractivity contribution is 5.65. The first kappa shape index (κ1) is 36.9. The molecule has 9 heteroatoms. The van der Waals surface area contributed by atoms with Crippen LogP contribution in [0.5, 0.6) is 0 Å². The highest BCUT2D eigenvalue weighted by atomic mass is 16.7. The Bertz CT molecular complexity index is 1210. The largest absolute Gasteiger partial charge is 0.463 e. The molecule has 0 radical (unpaired) electrons. The van der Waals surface area contributed by atoms with E-state index in [-0.39, 0.29) is 46.5 Å². The molecule has 1 aliphatic heterocycles. The highest BCUT2D eigenvalue weighted by Crippen LogP contribution is 2.76. The third-order valence-corrected chi connectivity index (χ3v) is 14.2. The lowest BCUT2D eigenvalue weighted by Crippen LogP contribution is -2.70. The number of hydrogen-bond donors (Lipinski definition) is 5. The molecule has 5 N–H and O–H groups in total. The number of aliphatic hydroxyl groups is 5. The number of fused-ring (bicyclic) bond motifs is 5. The van der Waals surface area contributed by atoms with Crippen molar-refractivity contribution in [3.8, 4) is 0 Å². The molecule has 47 heavy (non-hydrogen) atoms. The van der Waals surface area contributed by atoms with Crippen molar-refractivity contribution in [2.75, 3.05) is 6.61 Å². The van der Waals surface area contributed by atoms with Gasteiger partial charge < -0.3 is 39.7 Å².